The molecule has 0 aliphatic heterocycles. The third kappa shape index (κ3) is 3.15. The normalized spacial score (nSPS) is 12.9. The third-order valence-electron chi connectivity index (χ3n) is 3.72. The molecule has 1 unspecified atom stereocenters. The van der Waals surface area contributed by atoms with E-state index in [2.05, 4.69) is 15.5 Å². The predicted octanol–water partition coefficient (Wildman–Crippen LogP) is 1.70. The minimum Gasteiger partial charge on any atom is -0.344 e. The van der Waals surface area contributed by atoms with E-state index in [1.165, 1.54) is 12.1 Å². The summed E-state index contributed by atoms with van der Waals surface area (Å²) >= 11 is 0. The molecule has 0 aliphatic rings. The quantitative estimate of drug-likeness (QED) is 0.667. The van der Waals surface area contributed by atoms with Crippen LogP contribution in [0, 0.1) is 0 Å². The average molecular weight is 344 g/mol. The van der Waals surface area contributed by atoms with Crippen LogP contribution in [0.2, 0.25) is 0 Å². The van der Waals surface area contributed by atoms with Gasteiger partial charge >= 0.3 is 0 Å². The topological polar surface area (TPSA) is 118 Å². The number of H-pyrrole nitrogens is 1. The Morgan fingerprint density at radius 1 is 1.21 bits per heavy atom. The van der Waals surface area contributed by atoms with Crippen molar-refractivity contribution < 1.29 is 13.2 Å². The van der Waals surface area contributed by atoms with Crippen LogP contribution in [0.15, 0.2) is 53.4 Å². The summed E-state index contributed by atoms with van der Waals surface area (Å²) < 4.78 is 22.9. The Kier molecular flexibility index (Phi) is 4.08. The van der Waals surface area contributed by atoms with E-state index in [0.29, 0.717) is 11.3 Å². The molecule has 24 heavy (non-hydrogen) atoms. The van der Waals surface area contributed by atoms with Crippen LogP contribution < -0.4 is 10.5 Å². The molecule has 3 aromatic rings. The molecule has 1 heterocycles. The molecule has 0 radical (unpaired) electrons. The molecular formula is C16H16N4O3S. The van der Waals surface area contributed by atoms with Gasteiger partial charge in [0.2, 0.25) is 10.0 Å². The second-order valence-corrected chi connectivity index (χ2v) is 6.99. The lowest BCUT2D eigenvalue weighted by atomic mass is 10.1. The molecule has 7 nitrogen and oxygen atoms in total. The van der Waals surface area contributed by atoms with Crippen molar-refractivity contribution in [2.75, 3.05) is 0 Å². The number of carbonyl (C=O) groups is 1. The van der Waals surface area contributed by atoms with Crippen molar-refractivity contribution in [3.8, 4) is 0 Å². The Labute approximate surface area is 138 Å². The molecule has 0 fully saturated rings. The van der Waals surface area contributed by atoms with Crippen LogP contribution in [0.5, 0.6) is 0 Å². The van der Waals surface area contributed by atoms with E-state index < -0.39 is 16.1 Å². The van der Waals surface area contributed by atoms with E-state index in [1.54, 1.807) is 25.1 Å². The van der Waals surface area contributed by atoms with Gasteiger partial charge in [-0.25, -0.2) is 13.6 Å². The number of carbonyl (C=O) groups excluding carboxylic acids is 1. The van der Waals surface area contributed by atoms with Crippen LogP contribution in [-0.2, 0) is 10.0 Å². The van der Waals surface area contributed by atoms with Gasteiger partial charge in [-0.15, -0.1) is 0 Å². The first-order valence-electron chi connectivity index (χ1n) is 7.23. The summed E-state index contributed by atoms with van der Waals surface area (Å²) in [6, 6.07) is 13.1. The van der Waals surface area contributed by atoms with Crippen LogP contribution in [0.3, 0.4) is 0 Å². The van der Waals surface area contributed by atoms with Crippen LogP contribution in [0.25, 0.3) is 10.9 Å². The average Bonchev–Trinajstić information content (AvgIpc) is 2.98. The predicted molar refractivity (Wildman–Crippen MR) is 89.8 cm³/mol. The first-order valence-corrected chi connectivity index (χ1v) is 8.77. The summed E-state index contributed by atoms with van der Waals surface area (Å²) in [6.07, 6.45) is 0. The van der Waals surface area contributed by atoms with Crippen molar-refractivity contribution in [3.63, 3.8) is 0 Å². The van der Waals surface area contributed by atoms with Gasteiger partial charge in [-0.1, -0.05) is 30.3 Å². The maximum atomic E-state index is 12.4. The van der Waals surface area contributed by atoms with Crippen molar-refractivity contribution in [1.82, 2.24) is 15.5 Å². The number of hydrogen-bond acceptors (Lipinski definition) is 4. The highest BCUT2D eigenvalue weighted by molar-refractivity contribution is 7.89. The van der Waals surface area contributed by atoms with Gasteiger partial charge in [0, 0.05) is 5.39 Å². The van der Waals surface area contributed by atoms with Crippen molar-refractivity contribution >= 4 is 26.8 Å². The van der Waals surface area contributed by atoms with Gasteiger partial charge in [0.15, 0.2) is 5.69 Å². The number of amides is 1. The molecule has 0 bridgehead atoms. The summed E-state index contributed by atoms with van der Waals surface area (Å²) in [7, 11) is -3.79. The molecule has 0 saturated carbocycles. The number of fused-ring (bicyclic) bond motifs is 1. The Hall–Kier alpha value is -2.71. The first-order chi connectivity index (χ1) is 11.4. The SMILES string of the molecule is CC(NC(=O)c1n[nH]c2ccccc12)c1cccc(S(N)(=O)=O)c1. The minimum atomic E-state index is -3.79. The number of nitrogens with zero attached hydrogens (tertiary/aromatic N) is 1. The van der Waals surface area contributed by atoms with Crippen molar-refractivity contribution in [3.05, 3.63) is 59.8 Å². The number of rotatable bonds is 4. The van der Waals surface area contributed by atoms with Crippen LogP contribution in [0.4, 0.5) is 0 Å². The molecule has 0 spiro atoms. The Balaban J connectivity index is 1.84. The van der Waals surface area contributed by atoms with Crippen LogP contribution >= 0.6 is 0 Å². The highest BCUT2D eigenvalue weighted by Crippen LogP contribution is 2.19. The lowest BCUT2D eigenvalue weighted by Gasteiger charge is -2.14. The number of benzene rings is 2. The number of nitrogens with two attached hydrogens (primary N) is 1. The largest absolute Gasteiger partial charge is 0.344 e. The smallest absolute Gasteiger partial charge is 0.272 e. The van der Waals surface area contributed by atoms with Gasteiger partial charge in [0.1, 0.15) is 0 Å². The van der Waals surface area contributed by atoms with E-state index >= 15 is 0 Å². The lowest BCUT2D eigenvalue weighted by molar-refractivity contribution is 0.0936. The van der Waals surface area contributed by atoms with E-state index in [-0.39, 0.29) is 10.8 Å². The fraction of sp³-hybridized carbons (Fsp3) is 0.125. The number of nitrogens with one attached hydrogen (secondary N) is 2. The Morgan fingerprint density at radius 2 is 1.96 bits per heavy atom. The highest BCUT2D eigenvalue weighted by atomic mass is 32.2. The molecule has 0 saturated heterocycles. The maximum Gasteiger partial charge on any atom is 0.272 e. The molecule has 4 N–H and O–H groups in total. The number of hydrogen-bond donors (Lipinski definition) is 3. The first kappa shape index (κ1) is 16.2. The number of aromatic nitrogens is 2. The van der Waals surface area contributed by atoms with E-state index in [9.17, 15) is 13.2 Å². The molecule has 0 aliphatic carbocycles. The van der Waals surface area contributed by atoms with Crippen molar-refractivity contribution in [2.24, 2.45) is 5.14 Å². The van der Waals surface area contributed by atoms with Crippen LogP contribution in [0.1, 0.15) is 29.0 Å². The van der Waals surface area contributed by atoms with Crippen molar-refractivity contribution in [2.45, 2.75) is 17.9 Å². The summed E-state index contributed by atoms with van der Waals surface area (Å²) in [5.41, 5.74) is 1.70. The third-order valence-corrected chi connectivity index (χ3v) is 4.63. The number of aromatic amines is 1. The molecule has 1 amide bonds. The maximum absolute atomic E-state index is 12.4. The minimum absolute atomic E-state index is 0.00585. The summed E-state index contributed by atoms with van der Waals surface area (Å²) in [4.78, 5) is 12.5. The van der Waals surface area contributed by atoms with Gasteiger partial charge in [-0.2, -0.15) is 5.10 Å². The zero-order valence-electron chi connectivity index (χ0n) is 12.9. The molecule has 3 rings (SSSR count). The molecule has 124 valence electrons. The zero-order valence-corrected chi connectivity index (χ0v) is 13.7. The highest BCUT2D eigenvalue weighted by Gasteiger charge is 2.18. The van der Waals surface area contributed by atoms with Gasteiger partial charge in [-0.05, 0) is 30.7 Å². The second-order valence-electron chi connectivity index (χ2n) is 5.43. The fourth-order valence-electron chi connectivity index (χ4n) is 2.45. The van der Waals surface area contributed by atoms with Gasteiger partial charge in [0.05, 0.1) is 16.5 Å². The monoisotopic (exact) mass is 344 g/mol. The summed E-state index contributed by atoms with van der Waals surface area (Å²) in [5.74, 6) is -0.346. The standard InChI is InChI=1S/C16H16N4O3S/c1-10(11-5-4-6-12(9-11)24(17,22)23)18-16(21)15-13-7-2-3-8-14(13)19-20-15/h2-10H,1H3,(H,18,21)(H,19,20)(H2,17,22,23). The summed E-state index contributed by atoms with van der Waals surface area (Å²) in [5, 5.41) is 15.5. The lowest BCUT2D eigenvalue weighted by Crippen LogP contribution is -2.27. The van der Waals surface area contributed by atoms with Crippen molar-refractivity contribution in [1.29, 1.82) is 0 Å². The van der Waals surface area contributed by atoms with Gasteiger partial charge in [-0.3, -0.25) is 9.89 Å². The van der Waals surface area contributed by atoms with Gasteiger partial charge in [0.25, 0.3) is 5.91 Å². The number of primary sulfonamides is 1. The molecular weight excluding hydrogens is 328 g/mol. The second kappa shape index (κ2) is 6.06. The summed E-state index contributed by atoms with van der Waals surface area (Å²) in [6.45, 7) is 1.76. The number of para-hydroxylation sites is 1. The zero-order chi connectivity index (χ0) is 17.3. The molecule has 8 heteroatoms. The van der Waals surface area contributed by atoms with E-state index in [1.807, 2.05) is 18.2 Å². The fourth-order valence-corrected chi connectivity index (χ4v) is 3.01. The van der Waals surface area contributed by atoms with Crippen LogP contribution in [-0.4, -0.2) is 24.5 Å². The Morgan fingerprint density at radius 3 is 2.71 bits per heavy atom. The Bertz CT molecular complexity index is 1010. The van der Waals surface area contributed by atoms with E-state index in [0.717, 1.165) is 10.9 Å². The molecule has 1 atom stereocenters. The van der Waals surface area contributed by atoms with E-state index in [4.69, 9.17) is 5.14 Å². The molecule has 1 aromatic heterocycles. The van der Waals surface area contributed by atoms with Gasteiger partial charge < -0.3 is 5.32 Å². The number of sulfonamides is 1. The molecule has 2 aromatic carbocycles.